The van der Waals surface area contributed by atoms with Crippen molar-refractivity contribution in [1.82, 2.24) is 5.32 Å². The van der Waals surface area contributed by atoms with Gasteiger partial charge in [-0.25, -0.2) is 0 Å². The Hall–Kier alpha value is 0.576. The van der Waals surface area contributed by atoms with Crippen LogP contribution in [0.25, 0.3) is 0 Å². The van der Waals surface area contributed by atoms with Crippen LogP contribution in [0.4, 0.5) is 0 Å². The minimum atomic E-state index is -1.20. The first kappa shape index (κ1) is 24.8. The van der Waals surface area contributed by atoms with Crippen LogP contribution in [-0.4, -0.2) is 17.9 Å². The van der Waals surface area contributed by atoms with Crippen molar-refractivity contribution in [2.75, 3.05) is 0 Å². The molecule has 0 unspecified atom stereocenters. The van der Waals surface area contributed by atoms with Gasteiger partial charge in [-0.05, 0) is 12.3 Å². The summed E-state index contributed by atoms with van der Waals surface area (Å²) in [6.07, 6.45) is 11.2. The van der Waals surface area contributed by atoms with Crippen LogP contribution in [0.5, 0.6) is 0 Å². The third-order valence-electron chi connectivity index (χ3n) is 3.74. The number of carboxylic acids is 1. The molecule has 5 heteroatoms. The Morgan fingerprint density at radius 1 is 0.909 bits per heavy atom. The molecule has 0 aromatic rings. The SMILES string of the molecule is CCCCCCCCCCCC(=O)N[C@H](C(=O)[O-])C(C)C.[K+]. The normalized spacial score (nSPS) is 11.8. The zero-order valence-corrected chi connectivity index (χ0v) is 18.1. The topological polar surface area (TPSA) is 69.2 Å². The summed E-state index contributed by atoms with van der Waals surface area (Å²) in [5.74, 6) is -1.53. The maximum atomic E-state index is 11.7. The Labute approximate surface area is 178 Å². The van der Waals surface area contributed by atoms with Crippen LogP contribution in [0.15, 0.2) is 0 Å². The van der Waals surface area contributed by atoms with Crippen LogP contribution in [0.1, 0.15) is 85.0 Å². The van der Waals surface area contributed by atoms with E-state index in [0.29, 0.717) is 6.42 Å². The van der Waals surface area contributed by atoms with Gasteiger partial charge in [-0.15, -0.1) is 0 Å². The Kier molecular flexibility index (Phi) is 18.5. The number of rotatable bonds is 13. The fraction of sp³-hybridized carbons (Fsp3) is 0.882. The molecule has 0 radical (unpaired) electrons. The van der Waals surface area contributed by atoms with Gasteiger partial charge in [-0.3, -0.25) is 4.79 Å². The third-order valence-corrected chi connectivity index (χ3v) is 3.74. The molecular weight excluding hydrogens is 305 g/mol. The molecule has 0 saturated carbocycles. The monoisotopic (exact) mass is 337 g/mol. The minimum absolute atomic E-state index is 0. The van der Waals surface area contributed by atoms with Gasteiger partial charge in [-0.1, -0.05) is 72.1 Å². The van der Waals surface area contributed by atoms with Gasteiger partial charge in [0.25, 0.3) is 0 Å². The van der Waals surface area contributed by atoms with Crippen molar-refractivity contribution in [3.63, 3.8) is 0 Å². The summed E-state index contributed by atoms with van der Waals surface area (Å²) >= 11 is 0. The summed E-state index contributed by atoms with van der Waals surface area (Å²) in [5, 5.41) is 13.4. The van der Waals surface area contributed by atoms with Gasteiger partial charge >= 0.3 is 51.4 Å². The van der Waals surface area contributed by atoms with Crippen molar-refractivity contribution in [3.8, 4) is 0 Å². The molecule has 0 aliphatic rings. The quantitative estimate of drug-likeness (QED) is 0.374. The van der Waals surface area contributed by atoms with Crippen LogP contribution < -0.4 is 61.8 Å². The van der Waals surface area contributed by atoms with Gasteiger partial charge in [0.1, 0.15) is 0 Å². The van der Waals surface area contributed by atoms with Crippen LogP contribution in [0, 0.1) is 5.92 Å². The number of aliphatic carboxylic acids is 1. The van der Waals surface area contributed by atoms with E-state index in [9.17, 15) is 14.7 Å². The molecule has 0 fully saturated rings. The molecule has 0 aliphatic heterocycles. The maximum absolute atomic E-state index is 11.7. The summed E-state index contributed by atoms with van der Waals surface area (Å²) < 4.78 is 0. The van der Waals surface area contributed by atoms with Gasteiger partial charge in [0.05, 0.1) is 12.0 Å². The zero-order chi connectivity index (χ0) is 16.1. The summed E-state index contributed by atoms with van der Waals surface area (Å²) in [6, 6.07) is -0.879. The largest absolute Gasteiger partial charge is 1.00 e. The first-order chi connectivity index (χ1) is 9.99. The van der Waals surface area contributed by atoms with E-state index in [0.717, 1.165) is 19.3 Å². The molecular formula is C17H32KNO3. The van der Waals surface area contributed by atoms with Crippen molar-refractivity contribution < 1.29 is 66.1 Å². The molecule has 0 spiro atoms. The van der Waals surface area contributed by atoms with Crippen LogP contribution >= 0.6 is 0 Å². The Bertz CT molecular complexity index is 296. The van der Waals surface area contributed by atoms with Gasteiger partial charge < -0.3 is 15.2 Å². The molecule has 0 saturated heterocycles. The van der Waals surface area contributed by atoms with E-state index in [1.807, 2.05) is 0 Å². The number of hydrogen-bond donors (Lipinski definition) is 1. The van der Waals surface area contributed by atoms with Crippen LogP contribution in [0.3, 0.4) is 0 Å². The summed E-state index contributed by atoms with van der Waals surface area (Å²) in [5.41, 5.74) is 0. The zero-order valence-electron chi connectivity index (χ0n) is 15.0. The number of amides is 1. The number of carbonyl (C=O) groups excluding carboxylic acids is 2. The molecule has 22 heavy (non-hydrogen) atoms. The van der Waals surface area contributed by atoms with Crippen LogP contribution in [-0.2, 0) is 9.59 Å². The molecule has 1 amide bonds. The number of nitrogens with one attached hydrogen (secondary N) is 1. The Morgan fingerprint density at radius 3 is 1.77 bits per heavy atom. The van der Waals surface area contributed by atoms with E-state index in [1.165, 1.54) is 38.5 Å². The number of carboxylic acid groups (broad SMARTS) is 1. The molecule has 124 valence electrons. The van der Waals surface area contributed by atoms with E-state index < -0.39 is 12.0 Å². The minimum Gasteiger partial charge on any atom is -0.548 e. The average molecular weight is 338 g/mol. The van der Waals surface area contributed by atoms with Gasteiger partial charge in [0.15, 0.2) is 0 Å². The van der Waals surface area contributed by atoms with Crippen molar-refractivity contribution in [3.05, 3.63) is 0 Å². The predicted octanol–water partition coefficient (Wildman–Crippen LogP) is -0.198. The molecule has 0 rings (SSSR count). The first-order valence-corrected chi connectivity index (χ1v) is 8.49. The standard InChI is InChI=1S/C17H33NO3.K/c1-4-5-6-7-8-9-10-11-12-13-15(19)18-16(14(2)3)17(20)21;/h14,16H,4-13H2,1-3H3,(H,18,19)(H,20,21);/q;+1/p-1/t16-;/m0./s1. The van der Waals surface area contributed by atoms with E-state index in [1.54, 1.807) is 13.8 Å². The third kappa shape index (κ3) is 14.2. The smallest absolute Gasteiger partial charge is 0.548 e. The molecule has 4 nitrogen and oxygen atoms in total. The molecule has 0 aromatic carbocycles. The van der Waals surface area contributed by atoms with E-state index in [4.69, 9.17) is 0 Å². The molecule has 0 heterocycles. The van der Waals surface area contributed by atoms with E-state index >= 15 is 0 Å². The van der Waals surface area contributed by atoms with Crippen molar-refractivity contribution in [1.29, 1.82) is 0 Å². The molecule has 0 bridgehead atoms. The molecule has 1 atom stereocenters. The fourth-order valence-electron chi connectivity index (χ4n) is 2.34. The molecule has 0 aliphatic carbocycles. The number of unbranched alkanes of at least 4 members (excludes halogenated alkanes) is 8. The Balaban J connectivity index is 0. The van der Waals surface area contributed by atoms with Crippen molar-refractivity contribution in [2.45, 2.75) is 91.0 Å². The molecule has 0 aromatic heterocycles. The fourth-order valence-corrected chi connectivity index (χ4v) is 2.34. The maximum Gasteiger partial charge on any atom is 1.00 e. The van der Waals surface area contributed by atoms with Gasteiger partial charge in [-0.2, -0.15) is 0 Å². The number of carbonyl (C=O) groups is 2. The van der Waals surface area contributed by atoms with E-state index in [2.05, 4.69) is 12.2 Å². The predicted molar refractivity (Wildman–Crippen MR) is 83.6 cm³/mol. The average Bonchev–Trinajstić information content (AvgIpc) is 2.42. The second kappa shape index (κ2) is 16.4. The second-order valence-corrected chi connectivity index (χ2v) is 6.19. The number of hydrogen-bond acceptors (Lipinski definition) is 3. The van der Waals surface area contributed by atoms with Crippen molar-refractivity contribution >= 4 is 11.9 Å². The van der Waals surface area contributed by atoms with Gasteiger partial charge in [0, 0.05) is 6.42 Å². The summed E-state index contributed by atoms with van der Waals surface area (Å²) in [4.78, 5) is 22.5. The Morgan fingerprint density at radius 2 is 1.36 bits per heavy atom. The first-order valence-electron chi connectivity index (χ1n) is 8.49. The van der Waals surface area contributed by atoms with Crippen LogP contribution in [0.2, 0.25) is 0 Å². The van der Waals surface area contributed by atoms with Crippen molar-refractivity contribution in [2.24, 2.45) is 5.92 Å². The summed E-state index contributed by atoms with van der Waals surface area (Å²) in [7, 11) is 0. The van der Waals surface area contributed by atoms with E-state index in [-0.39, 0.29) is 63.2 Å². The molecule has 1 N–H and O–H groups in total. The summed E-state index contributed by atoms with van der Waals surface area (Å²) in [6.45, 7) is 5.74. The second-order valence-electron chi connectivity index (χ2n) is 6.19. The van der Waals surface area contributed by atoms with Gasteiger partial charge in [0.2, 0.25) is 5.91 Å².